The Labute approximate surface area is 181 Å². The van der Waals surface area contributed by atoms with Gasteiger partial charge < -0.3 is 4.90 Å². The van der Waals surface area contributed by atoms with Crippen LogP contribution >= 0.6 is 35.0 Å². The number of carbonyl (C=O) groups is 1. The number of amidine groups is 1. The molecule has 1 amide bonds. The summed E-state index contributed by atoms with van der Waals surface area (Å²) in [6, 6.07) is 10.3. The van der Waals surface area contributed by atoms with Crippen molar-refractivity contribution >= 4 is 61.6 Å². The fraction of sp³-hybridized carbons (Fsp3) is 0.263. The zero-order valence-corrected chi connectivity index (χ0v) is 18.0. The van der Waals surface area contributed by atoms with E-state index in [0.717, 1.165) is 0 Å². The Morgan fingerprint density at radius 1 is 1.14 bits per heavy atom. The van der Waals surface area contributed by atoms with E-state index in [4.69, 9.17) is 23.2 Å². The predicted octanol–water partition coefficient (Wildman–Crippen LogP) is 3.98. The minimum atomic E-state index is -3.17. The maximum Gasteiger partial charge on any atom is 0.252 e. The number of thioether (sulfide) groups is 1. The van der Waals surface area contributed by atoms with Crippen LogP contribution in [0.3, 0.4) is 0 Å². The number of halogens is 3. The molecule has 4 rings (SSSR count). The quantitative estimate of drug-likeness (QED) is 0.675. The van der Waals surface area contributed by atoms with E-state index in [2.05, 4.69) is 4.99 Å². The van der Waals surface area contributed by atoms with E-state index in [-0.39, 0.29) is 35.0 Å². The third-order valence-corrected chi connectivity index (χ3v) is 8.69. The molecule has 29 heavy (non-hydrogen) atoms. The highest BCUT2D eigenvalue weighted by Gasteiger charge is 2.49. The highest BCUT2D eigenvalue weighted by atomic mass is 35.5. The standard InChI is InChI=1S/C19H15Cl2FN2O3S2/c20-14-6-5-13(8-15(14)21)24-16-9-29(26,27)10-17(16)28-19(24)23-18(25)7-11-1-3-12(22)4-2-11/h1-6,8,16-17H,7,9-10H2/t16-,17+/m0/s1. The molecule has 0 bridgehead atoms. The average Bonchev–Trinajstić information content (AvgIpc) is 3.10. The number of benzene rings is 2. The summed E-state index contributed by atoms with van der Waals surface area (Å²) in [7, 11) is -3.17. The van der Waals surface area contributed by atoms with Crippen molar-refractivity contribution in [1.82, 2.24) is 0 Å². The first kappa shape index (κ1) is 20.7. The molecule has 0 unspecified atom stereocenters. The van der Waals surface area contributed by atoms with Crippen LogP contribution in [0.15, 0.2) is 47.5 Å². The van der Waals surface area contributed by atoms with Crippen LogP contribution in [0.25, 0.3) is 0 Å². The largest absolute Gasteiger partial charge is 0.316 e. The lowest BCUT2D eigenvalue weighted by Gasteiger charge is -2.24. The summed E-state index contributed by atoms with van der Waals surface area (Å²) in [6.45, 7) is 0. The van der Waals surface area contributed by atoms with Crippen molar-refractivity contribution < 1.29 is 17.6 Å². The maximum absolute atomic E-state index is 13.1. The normalized spacial score (nSPS) is 24.1. The molecular weight excluding hydrogens is 458 g/mol. The number of hydrogen-bond donors (Lipinski definition) is 0. The van der Waals surface area contributed by atoms with Crippen LogP contribution in [-0.4, -0.2) is 42.3 Å². The number of amides is 1. The summed E-state index contributed by atoms with van der Waals surface area (Å²) in [5.74, 6) is -0.757. The number of anilines is 1. The van der Waals surface area contributed by atoms with Gasteiger partial charge in [0, 0.05) is 10.9 Å². The second kappa shape index (κ2) is 7.91. The van der Waals surface area contributed by atoms with Gasteiger partial charge in [-0.05, 0) is 35.9 Å². The Morgan fingerprint density at radius 2 is 1.86 bits per heavy atom. The Hall–Kier alpha value is -1.61. The van der Waals surface area contributed by atoms with E-state index in [1.54, 1.807) is 23.1 Å². The zero-order valence-electron chi connectivity index (χ0n) is 14.9. The molecule has 0 aromatic heterocycles. The van der Waals surface area contributed by atoms with Crippen LogP contribution in [0.2, 0.25) is 10.0 Å². The minimum Gasteiger partial charge on any atom is -0.316 e. The second-order valence-corrected chi connectivity index (χ2v) is 11.0. The second-order valence-electron chi connectivity index (χ2n) is 6.86. The zero-order chi connectivity index (χ0) is 20.8. The van der Waals surface area contributed by atoms with Crippen molar-refractivity contribution in [1.29, 1.82) is 0 Å². The lowest BCUT2D eigenvalue weighted by atomic mass is 10.1. The molecule has 152 valence electrons. The first-order chi connectivity index (χ1) is 13.7. The summed E-state index contributed by atoms with van der Waals surface area (Å²) >= 11 is 13.4. The Morgan fingerprint density at radius 3 is 2.55 bits per heavy atom. The van der Waals surface area contributed by atoms with Crippen molar-refractivity contribution in [3.8, 4) is 0 Å². The average molecular weight is 473 g/mol. The molecule has 10 heteroatoms. The van der Waals surface area contributed by atoms with E-state index in [9.17, 15) is 17.6 Å². The molecule has 5 nitrogen and oxygen atoms in total. The first-order valence-electron chi connectivity index (χ1n) is 8.69. The molecule has 2 aliphatic heterocycles. The predicted molar refractivity (Wildman–Crippen MR) is 115 cm³/mol. The lowest BCUT2D eigenvalue weighted by molar-refractivity contribution is -0.117. The molecule has 0 aliphatic carbocycles. The van der Waals surface area contributed by atoms with Crippen LogP contribution in [0, 0.1) is 5.82 Å². The number of aliphatic imine (C=N–C) groups is 1. The highest BCUT2D eigenvalue weighted by molar-refractivity contribution is 8.16. The summed E-state index contributed by atoms with van der Waals surface area (Å²) in [6.07, 6.45) is 0.0210. The van der Waals surface area contributed by atoms with Crippen molar-refractivity contribution in [2.45, 2.75) is 17.7 Å². The summed E-state index contributed by atoms with van der Waals surface area (Å²) in [5.41, 5.74) is 1.28. The summed E-state index contributed by atoms with van der Waals surface area (Å²) < 4.78 is 37.3. The van der Waals surface area contributed by atoms with Gasteiger partial charge in [-0.25, -0.2) is 12.8 Å². The number of sulfone groups is 1. The van der Waals surface area contributed by atoms with E-state index in [1.807, 2.05) is 0 Å². The molecule has 2 aliphatic rings. The summed E-state index contributed by atoms with van der Waals surface area (Å²) in [4.78, 5) is 18.5. The van der Waals surface area contributed by atoms with E-state index in [0.29, 0.717) is 26.5 Å². The van der Waals surface area contributed by atoms with Gasteiger partial charge in [-0.3, -0.25) is 4.79 Å². The van der Waals surface area contributed by atoms with Gasteiger partial charge in [0.1, 0.15) is 5.82 Å². The van der Waals surface area contributed by atoms with Crippen LogP contribution < -0.4 is 4.90 Å². The van der Waals surface area contributed by atoms with Gasteiger partial charge in [-0.15, -0.1) is 0 Å². The van der Waals surface area contributed by atoms with E-state index in [1.165, 1.54) is 36.0 Å². The number of fused-ring (bicyclic) bond motifs is 1. The van der Waals surface area contributed by atoms with Crippen molar-refractivity contribution in [3.63, 3.8) is 0 Å². The van der Waals surface area contributed by atoms with Gasteiger partial charge in [0.15, 0.2) is 15.0 Å². The molecule has 2 aromatic rings. The smallest absolute Gasteiger partial charge is 0.252 e. The minimum absolute atomic E-state index is 0.0178. The molecule has 2 atom stereocenters. The van der Waals surface area contributed by atoms with Crippen LogP contribution in [0.4, 0.5) is 10.1 Å². The van der Waals surface area contributed by atoms with Gasteiger partial charge in [0.05, 0.1) is 34.0 Å². The first-order valence-corrected chi connectivity index (χ1v) is 12.1. The van der Waals surface area contributed by atoms with E-state index < -0.39 is 15.7 Å². The molecule has 0 saturated carbocycles. The number of carbonyl (C=O) groups excluding carboxylic acids is 1. The third-order valence-electron chi connectivity index (χ3n) is 4.74. The lowest BCUT2D eigenvalue weighted by Crippen LogP contribution is -2.37. The highest BCUT2D eigenvalue weighted by Crippen LogP contribution is 2.42. The van der Waals surface area contributed by atoms with Crippen molar-refractivity contribution in [3.05, 3.63) is 63.9 Å². The maximum atomic E-state index is 13.1. The molecular formula is C19H15Cl2FN2O3S2. The van der Waals surface area contributed by atoms with Crippen molar-refractivity contribution in [2.24, 2.45) is 4.99 Å². The summed E-state index contributed by atoms with van der Waals surface area (Å²) in [5, 5.41) is 0.923. The Balaban J connectivity index is 1.65. The van der Waals surface area contributed by atoms with Crippen molar-refractivity contribution in [2.75, 3.05) is 16.4 Å². The molecule has 2 saturated heterocycles. The molecule has 2 heterocycles. The Kier molecular flexibility index (Phi) is 5.63. The number of hydrogen-bond acceptors (Lipinski definition) is 4. The van der Waals surface area contributed by atoms with Gasteiger partial charge in [0.2, 0.25) is 0 Å². The molecule has 2 aromatic carbocycles. The Bertz CT molecular complexity index is 1110. The number of nitrogens with zero attached hydrogens (tertiary/aromatic N) is 2. The van der Waals surface area contributed by atoms with Gasteiger partial charge in [-0.1, -0.05) is 47.1 Å². The fourth-order valence-corrected chi connectivity index (χ4v) is 7.65. The molecule has 0 radical (unpaired) electrons. The SMILES string of the molecule is O=C(Cc1ccc(F)cc1)N=C1S[C@@H]2CS(=O)(=O)C[C@@H]2N1c1ccc(Cl)c(Cl)c1. The fourth-order valence-electron chi connectivity index (χ4n) is 3.42. The van der Waals surface area contributed by atoms with Crippen LogP contribution in [0.5, 0.6) is 0 Å². The topological polar surface area (TPSA) is 66.8 Å². The molecule has 0 N–H and O–H groups in total. The van der Waals surface area contributed by atoms with Gasteiger partial charge in [-0.2, -0.15) is 4.99 Å². The van der Waals surface area contributed by atoms with Crippen LogP contribution in [0.1, 0.15) is 5.56 Å². The monoisotopic (exact) mass is 472 g/mol. The molecule has 2 fully saturated rings. The van der Waals surface area contributed by atoms with Gasteiger partial charge in [0.25, 0.3) is 5.91 Å². The van der Waals surface area contributed by atoms with Gasteiger partial charge >= 0.3 is 0 Å². The number of rotatable bonds is 3. The van der Waals surface area contributed by atoms with Crippen LogP contribution in [-0.2, 0) is 21.1 Å². The third kappa shape index (κ3) is 4.45. The van der Waals surface area contributed by atoms with E-state index >= 15 is 0 Å². The molecule has 0 spiro atoms.